The lowest BCUT2D eigenvalue weighted by Crippen LogP contribution is -2.29. The molecule has 1 atom stereocenters. The van der Waals surface area contributed by atoms with Crippen LogP contribution < -0.4 is 16.6 Å². The van der Waals surface area contributed by atoms with Gasteiger partial charge in [0.15, 0.2) is 5.03 Å². The van der Waals surface area contributed by atoms with Crippen molar-refractivity contribution in [1.82, 2.24) is 15.2 Å². The maximum atomic E-state index is 12.3. The van der Waals surface area contributed by atoms with Gasteiger partial charge in [-0.1, -0.05) is 36.4 Å². The number of aromatic amines is 2. The number of H-pyrrole nitrogens is 2. The van der Waals surface area contributed by atoms with Gasteiger partial charge in [0.2, 0.25) is 5.91 Å². The third-order valence-corrected chi connectivity index (χ3v) is 4.26. The number of nitrogens with one attached hydrogen (secondary N) is 3. The highest BCUT2D eigenvalue weighted by atomic mass is 35.5. The first kappa shape index (κ1) is 16.3. The molecule has 0 unspecified atom stereocenters. The number of carbonyl (C=O) groups excluding carboxylic acids is 1. The summed E-state index contributed by atoms with van der Waals surface area (Å²) in [6.45, 7) is 1.81. The van der Waals surface area contributed by atoms with E-state index in [4.69, 9.17) is 11.6 Å². The van der Waals surface area contributed by atoms with Crippen LogP contribution in [0.1, 0.15) is 13.3 Å². The Hall–Kier alpha value is -2.06. The molecule has 2 rings (SSSR count). The molecule has 0 bridgehead atoms. The Labute approximate surface area is 134 Å². The predicted molar refractivity (Wildman–Crippen MR) is 85.5 cm³/mol. The molecule has 3 N–H and O–H groups in total. The number of nitrogens with zero attached hydrogens (tertiary/aromatic N) is 1. The summed E-state index contributed by atoms with van der Waals surface area (Å²) < 4.78 is 0. The molecule has 0 aliphatic rings. The van der Waals surface area contributed by atoms with Gasteiger partial charge in [-0.2, -0.15) is 5.10 Å². The number of hydrogen-bond acceptors (Lipinski definition) is 5. The molecule has 22 heavy (non-hydrogen) atoms. The van der Waals surface area contributed by atoms with Crippen LogP contribution >= 0.6 is 23.4 Å². The molecule has 0 saturated heterocycles. The number of anilines is 1. The zero-order valence-corrected chi connectivity index (χ0v) is 13.1. The Bertz CT molecular complexity index is 789. The van der Waals surface area contributed by atoms with Gasteiger partial charge >= 0.3 is 5.69 Å². The van der Waals surface area contributed by atoms with Crippen molar-refractivity contribution >= 4 is 35.0 Å². The van der Waals surface area contributed by atoms with Crippen molar-refractivity contribution in [3.8, 4) is 0 Å². The van der Waals surface area contributed by atoms with Crippen LogP contribution in [0.4, 0.5) is 5.69 Å². The van der Waals surface area contributed by atoms with Gasteiger partial charge in [-0.05, 0) is 24.6 Å². The number of hydrogen-bond donors (Lipinski definition) is 3. The van der Waals surface area contributed by atoms with Gasteiger partial charge in [-0.15, -0.1) is 0 Å². The van der Waals surface area contributed by atoms with Crippen LogP contribution in [0.15, 0.2) is 38.9 Å². The standard InChI is InChI=1S/C13H13ClN4O3S/c1-2-9(22-12-11(20)16-13(21)18-17-12)10(19)15-8-5-3-4-7(14)6-8/h3-6,9H,2H2,1H3,(H,15,19)(H2,16,18,20,21)/t9-/m1/s1. The number of halogens is 1. The van der Waals surface area contributed by atoms with E-state index in [0.29, 0.717) is 17.1 Å². The highest BCUT2D eigenvalue weighted by Crippen LogP contribution is 2.22. The molecule has 1 aromatic heterocycles. The summed E-state index contributed by atoms with van der Waals surface area (Å²) in [4.78, 5) is 36.9. The molecule has 116 valence electrons. The molecule has 2 aromatic rings. The largest absolute Gasteiger partial charge is 0.342 e. The summed E-state index contributed by atoms with van der Waals surface area (Å²) in [7, 11) is 0. The lowest BCUT2D eigenvalue weighted by atomic mass is 10.3. The van der Waals surface area contributed by atoms with Crippen LogP contribution in [0.25, 0.3) is 0 Å². The topological polar surface area (TPSA) is 108 Å². The number of rotatable bonds is 5. The molecule has 0 spiro atoms. The van der Waals surface area contributed by atoms with Crippen LogP contribution in [0.3, 0.4) is 0 Å². The third-order valence-electron chi connectivity index (χ3n) is 2.69. The minimum Gasteiger partial charge on any atom is -0.325 e. The first-order chi connectivity index (χ1) is 10.5. The summed E-state index contributed by atoms with van der Waals surface area (Å²) in [5.41, 5.74) is -0.742. The second kappa shape index (κ2) is 7.28. The summed E-state index contributed by atoms with van der Waals surface area (Å²) in [5, 5.41) is 8.53. The van der Waals surface area contributed by atoms with E-state index >= 15 is 0 Å². The van der Waals surface area contributed by atoms with Crippen LogP contribution in [0.2, 0.25) is 5.02 Å². The first-order valence-electron chi connectivity index (χ1n) is 6.41. The average Bonchev–Trinajstić information content (AvgIpc) is 2.46. The molecule has 0 aliphatic heterocycles. The summed E-state index contributed by atoms with van der Waals surface area (Å²) in [6, 6.07) is 6.77. The van der Waals surface area contributed by atoms with Crippen molar-refractivity contribution in [2.24, 2.45) is 0 Å². The minimum atomic E-state index is -0.689. The highest BCUT2D eigenvalue weighted by Gasteiger charge is 2.20. The Morgan fingerprint density at radius 1 is 1.45 bits per heavy atom. The van der Waals surface area contributed by atoms with Crippen molar-refractivity contribution in [3.63, 3.8) is 0 Å². The van der Waals surface area contributed by atoms with Crippen molar-refractivity contribution in [1.29, 1.82) is 0 Å². The molecule has 0 aliphatic carbocycles. The van der Waals surface area contributed by atoms with E-state index in [1.807, 2.05) is 6.92 Å². The average molecular weight is 341 g/mol. The van der Waals surface area contributed by atoms with Gasteiger partial charge < -0.3 is 5.32 Å². The van der Waals surface area contributed by atoms with Crippen molar-refractivity contribution in [3.05, 3.63) is 50.1 Å². The number of carbonyl (C=O) groups is 1. The maximum absolute atomic E-state index is 12.3. The highest BCUT2D eigenvalue weighted by molar-refractivity contribution is 8.00. The Kier molecular flexibility index (Phi) is 5.40. The molecule has 1 aromatic carbocycles. The van der Waals surface area contributed by atoms with Crippen LogP contribution in [-0.4, -0.2) is 26.3 Å². The van der Waals surface area contributed by atoms with E-state index in [-0.39, 0.29) is 10.9 Å². The number of aromatic nitrogens is 3. The summed E-state index contributed by atoms with van der Waals surface area (Å²) in [5.74, 6) is -0.276. The Morgan fingerprint density at radius 2 is 2.23 bits per heavy atom. The molecule has 7 nitrogen and oxygen atoms in total. The fraction of sp³-hybridized carbons (Fsp3) is 0.231. The van der Waals surface area contributed by atoms with E-state index in [9.17, 15) is 14.4 Å². The second-order valence-corrected chi connectivity index (χ2v) is 5.95. The van der Waals surface area contributed by atoms with Gasteiger partial charge in [0.05, 0.1) is 5.25 Å². The zero-order valence-electron chi connectivity index (χ0n) is 11.6. The monoisotopic (exact) mass is 340 g/mol. The SMILES string of the molecule is CC[C@@H](Sc1n[nH]c(=O)[nH]c1=O)C(=O)Nc1cccc(Cl)c1. The molecule has 0 fully saturated rings. The number of amides is 1. The van der Waals surface area contributed by atoms with Crippen molar-refractivity contribution in [2.75, 3.05) is 5.32 Å². The third kappa shape index (κ3) is 4.22. The fourth-order valence-electron chi connectivity index (χ4n) is 1.66. The first-order valence-corrected chi connectivity index (χ1v) is 7.67. The predicted octanol–water partition coefficient (Wildman–Crippen LogP) is 1.62. The molecule has 0 saturated carbocycles. The van der Waals surface area contributed by atoms with E-state index in [1.54, 1.807) is 24.3 Å². The van der Waals surface area contributed by atoms with E-state index < -0.39 is 16.5 Å². The van der Waals surface area contributed by atoms with Crippen LogP contribution in [0, 0.1) is 0 Å². The minimum absolute atomic E-state index is 0.0349. The molecular formula is C13H13ClN4O3S. The van der Waals surface area contributed by atoms with Gasteiger partial charge in [-0.3, -0.25) is 14.6 Å². The summed E-state index contributed by atoms with van der Waals surface area (Å²) >= 11 is 6.85. The van der Waals surface area contributed by atoms with Gasteiger partial charge in [0.1, 0.15) is 0 Å². The van der Waals surface area contributed by atoms with E-state index in [0.717, 1.165) is 11.8 Å². The summed E-state index contributed by atoms with van der Waals surface area (Å²) in [6.07, 6.45) is 0.483. The normalized spacial score (nSPS) is 11.9. The number of thioether (sulfide) groups is 1. The molecule has 0 radical (unpaired) electrons. The van der Waals surface area contributed by atoms with Gasteiger partial charge in [0, 0.05) is 10.7 Å². The molecular weight excluding hydrogens is 328 g/mol. The lowest BCUT2D eigenvalue weighted by Gasteiger charge is -2.13. The zero-order chi connectivity index (χ0) is 16.1. The van der Waals surface area contributed by atoms with Gasteiger partial charge in [0.25, 0.3) is 5.56 Å². The smallest absolute Gasteiger partial charge is 0.325 e. The van der Waals surface area contributed by atoms with Crippen LogP contribution in [0.5, 0.6) is 0 Å². The molecule has 1 amide bonds. The molecule has 9 heteroatoms. The Morgan fingerprint density at radius 3 is 2.86 bits per heavy atom. The Balaban J connectivity index is 2.12. The second-order valence-electron chi connectivity index (χ2n) is 4.33. The maximum Gasteiger partial charge on any atom is 0.342 e. The van der Waals surface area contributed by atoms with Crippen LogP contribution in [-0.2, 0) is 4.79 Å². The van der Waals surface area contributed by atoms with E-state index in [2.05, 4.69) is 20.5 Å². The van der Waals surface area contributed by atoms with Crippen molar-refractivity contribution in [2.45, 2.75) is 23.6 Å². The lowest BCUT2D eigenvalue weighted by molar-refractivity contribution is -0.115. The number of benzene rings is 1. The van der Waals surface area contributed by atoms with Gasteiger partial charge in [-0.25, -0.2) is 9.89 Å². The van der Waals surface area contributed by atoms with Crippen molar-refractivity contribution < 1.29 is 4.79 Å². The fourth-order valence-corrected chi connectivity index (χ4v) is 2.71. The quantitative estimate of drug-likeness (QED) is 0.717. The molecule has 1 heterocycles. The van der Waals surface area contributed by atoms with E-state index in [1.165, 1.54) is 0 Å².